The van der Waals surface area contributed by atoms with Gasteiger partial charge in [-0.25, -0.2) is 13.1 Å². The maximum absolute atomic E-state index is 11.1. The molecule has 0 aliphatic heterocycles. The van der Waals surface area contributed by atoms with Gasteiger partial charge in [0.05, 0.1) is 5.25 Å². The molecule has 5 nitrogen and oxygen atoms in total. The fraction of sp³-hybridized carbons (Fsp3) is 0.548. The third-order valence-corrected chi connectivity index (χ3v) is 10.1. The van der Waals surface area contributed by atoms with Gasteiger partial charge in [-0.2, -0.15) is 0 Å². The molecule has 1 saturated carbocycles. The van der Waals surface area contributed by atoms with E-state index in [-0.39, 0.29) is 32.2 Å². The van der Waals surface area contributed by atoms with Crippen LogP contribution in [0.4, 0.5) is 0 Å². The Hall–Kier alpha value is -2.96. The summed E-state index contributed by atoms with van der Waals surface area (Å²) in [7, 11) is -2.94. The Kier molecular flexibility index (Phi) is 19.9. The molecule has 0 atom stereocenters. The highest BCUT2D eigenvalue weighted by molar-refractivity contribution is 7.90. The molecule has 6 heteroatoms. The molecule has 3 aromatic rings. The van der Waals surface area contributed by atoms with E-state index in [1.54, 1.807) is 0 Å². The van der Waals surface area contributed by atoms with Crippen molar-refractivity contribution in [2.24, 2.45) is 22.4 Å². The molecule has 0 heterocycles. The lowest BCUT2D eigenvalue weighted by Gasteiger charge is -2.22. The molecule has 0 unspecified atom stereocenters. The molecule has 0 spiro atoms. The number of fused-ring (bicyclic) bond motifs is 3. The van der Waals surface area contributed by atoms with Crippen molar-refractivity contribution in [2.45, 2.75) is 134 Å². The van der Waals surface area contributed by atoms with Crippen LogP contribution in [0.25, 0.3) is 11.1 Å². The van der Waals surface area contributed by atoms with Crippen molar-refractivity contribution in [3.8, 4) is 11.1 Å². The zero-order valence-electron chi connectivity index (χ0n) is 30.3. The van der Waals surface area contributed by atoms with Gasteiger partial charge >= 0.3 is 0 Å². The van der Waals surface area contributed by atoms with Crippen LogP contribution in [0.1, 0.15) is 127 Å². The number of hydrogen-bond acceptors (Lipinski definition) is 4. The fourth-order valence-electron chi connectivity index (χ4n) is 4.15. The van der Waals surface area contributed by atoms with Crippen LogP contribution >= 0.6 is 0 Å². The predicted octanol–water partition coefficient (Wildman–Crippen LogP) is 11.6. The van der Waals surface area contributed by atoms with Gasteiger partial charge in [0, 0.05) is 17.2 Å². The smallest absolute Gasteiger partial charge is 0.214 e. The summed E-state index contributed by atoms with van der Waals surface area (Å²) in [4.78, 5) is 5.43. The van der Waals surface area contributed by atoms with E-state index in [0.717, 1.165) is 41.5 Å². The van der Waals surface area contributed by atoms with Gasteiger partial charge in [0.25, 0.3) is 0 Å². The second kappa shape index (κ2) is 21.2. The van der Waals surface area contributed by atoms with Crippen molar-refractivity contribution in [2.75, 3.05) is 0 Å². The lowest BCUT2D eigenvalue weighted by molar-refractivity contribution is 0.0863. The van der Waals surface area contributed by atoms with E-state index in [1.807, 2.05) is 39.8 Å². The number of nitrogens with zero attached hydrogens (tertiary/aromatic N) is 1. The van der Waals surface area contributed by atoms with E-state index >= 15 is 0 Å². The normalized spacial score (nSPS) is 13.0. The highest BCUT2D eigenvalue weighted by Gasteiger charge is 2.35. The van der Waals surface area contributed by atoms with Gasteiger partial charge in [0.2, 0.25) is 10.0 Å². The van der Waals surface area contributed by atoms with E-state index in [4.69, 9.17) is 4.84 Å². The van der Waals surface area contributed by atoms with E-state index in [2.05, 4.69) is 125 Å². The van der Waals surface area contributed by atoms with E-state index in [1.165, 1.54) is 29.5 Å². The molecule has 2 aliphatic carbocycles. The Labute approximate surface area is 296 Å². The molecule has 270 valence electrons. The zero-order valence-corrected chi connectivity index (χ0v) is 31.1. The Morgan fingerprint density at radius 3 is 1.50 bits per heavy atom. The van der Waals surface area contributed by atoms with E-state index < -0.39 is 10.0 Å². The standard InChI is InChI=1S/C16H15NO.C11H16.C7H16.C6H13NO2S.2CH4/c1-11(2)18-17-16-14-9-5-3-7-12(14)13-8-4-6-10-15(13)16;1-10(2)8-9-11-6-4-3-5-7-11;1-6(2)7(3,4)5;1-5(2)7-10(8,9)6-3-4-6;;/h3-11H,1-2H3;3-7,10H,8-9H2,1-2H3;6H,1-5H3;5-7H,3-4H2,1-2H3;2*1H4. The Bertz CT molecular complexity index is 1400. The quantitative estimate of drug-likeness (QED) is 0.188. The second-order valence-electron chi connectivity index (χ2n) is 14.6. The van der Waals surface area contributed by atoms with Gasteiger partial charge in [0.1, 0.15) is 11.8 Å². The van der Waals surface area contributed by atoms with Crippen molar-refractivity contribution in [3.05, 3.63) is 95.6 Å². The fourth-order valence-corrected chi connectivity index (χ4v) is 5.76. The minimum atomic E-state index is -2.94. The average Bonchev–Trinajstić information content (AvgIpc) is 3.80. The first kappa shape index (κ1) is 45.0. The molecule has 48 heavy (non-hydrogen) atoms. The van der Waals surface area contributed by atoms with Gasteiger partial charge in [0.15, 0.2) is 0 Å². The van der Waals surface area contributed by atoms with Gasteiger partial charge in [-0.1, -0.05) is 147 Å². The zero-order chi connectivity index (χ0) is 34.5. The molecule has 0 saturated heterocycles. The van der Waals surface area contributed by atoms with Gasteiger partial charge < -0.3 is 4.84 Å². The highest BCUT2D eigenvalue weighted by atomic mass is 32.2. The number of benzene rings is 3. The summed E-state index contributed by atoms with van der Waals surface area (Å²) < 4.78 is 24.7. The minimum absolute atomic E-state index is 0. The number of aryl methyl sites for hydroxylation is 1. The van der Waals surface area contributed by atoms with Crippen LogP contribution in [0.3, 0.4) is 0 Å². The number of hydrogen-bond donors (Lipinski definition) is 1. The van der Waals surface area contributed by atoms with Crippen molar-refractivity contribution in [3.63, 3.8) is 0 Å². The number of nitrogens with one attached hydrogen (secondary N) is 1. The number of rotatable bonds is 8. The first-order valence-corrected chi connectivity index (χ1v) is 18.6. The predicted molar refractivity (Wildman–Crippen MR) is 211 cm³/mol. The largest absolute Gasteiger partial charge is 0.393 e. The molecule has 3 aromatic carbocycles. The molecule has 1 fully saturated rings. The van der Waals surface area contributed by atoms with Crippen LogP contribution < -0.4 is 4.72 Å². The summed E-state index contributed by atoms with van der Waals surface area (Å²) in [5.74, 6) is 1.61. The Morgan fingerprint density at radius 1 is 0.729 bits per heavy atom. The highest BCUT2D eigenvalue weighted by Crippen LogP contribution is 2.36. The first-order chi connectivity index (χ1) is 21.5. The van der Waals surface area contributed by atoms with Crippen molar-refractivity contribution in [1.82, 2.24) is 4.72 Å². The topological polar surface area (TPSA) is 67.8 Å². The maximum atomic E-state index is 11.1. The van der Waals surface area contributed by atoms with E-state index in [9.17, 15) is 8.42 Å². The Balaban J connectivity index is 0.000000646. The molecule has 0 amide bonds. The maximum Gasteiger partial charge on any atom is 0.214 e. The van der Waals surface area contributed by atoms with Crippen LogP contribution in [0.15, 0.2) is 84.0 Å². The second-order valence-corrected chi connectivity index (χ2v) is 16.6. The molecule has 0 bridgehead atoms. The number of oxime groups is 1. The average molecular weight is 681 g/mol. The lowest BCUT2D eigenvalue weighted by Crippen LogP contribution is -2.32. The van der Waals surface area contributed by atoms with Gasteiger partial charge in [-0.3, -0.25) is 0 Å². The summed E-state index contributed by atoms with van der Waals surface area (Å²) in [6, 6.07) is 27.4. The summed E-state index contributed by atoms with van der Waals surface area (Å²) in [5.41, 5.74) is 7.67. The third-order valence-electron chi connectivity index (χ3n) is 7.96. The van der Waals surface area contributed by atoms with Crippen LogP contribution in [0, 0.1) is 17.3 Å². The van der Waals surface area contributed by atoms with Crippen molar-refractivity contribution < 1.29 is 13.3 Å². The summed E-state index contributed by atoms with van der Waals surface area (Å²) in [6.45, 7) is 23.5. The van der Waals surface area contributed by atoms with Crippen molar-refractivity contribution in [1.29, 1.82) is 0 Å². The number of sulfonamides is 1. The van der Waals surface area contributed by atoms with Crippen molar-refractivity contribution >= 4 is 15.7 Å². The van der Waals surface area contributed by atoms with Crippen LogP contribution in [0.2, 0.25) is 0 Å². The molecular formula is C42H68N2O3S. The third kappa shape index (κ3) is 16.0. The lowest BCUT2D eigenvalue weighted by atomic mass is 9.84. The molecule has 1 N–H and O–H groups in total. The SMILES string of the molecule is C.C.CC(C)C(C)(C)C.CC(C)CCc1ccccc1.CC(C)NS(=O)(=O)C1CC1.CC(C)ON=C1c2ccccc2-c2ccccc21. The Morgan fingerprint density at radius 2 is 1.15 bits per heavy atom. The van der Waals surface area contributed by atoms with Crippen LogP contribution in [-0.2, 0) is 21.3 Å². The summed E-state index contributed by atoms with van der Waals surface area (Å²) >= 11 is 0. The van der Waals surface area contributed by atoms with Gasteiger partial charge in [-0.05, 0) is 87.3 Å². The first-order valence-electron chi connectivity index (χ1n) is 17.0. The van der Waals surface area contributed by atoms with Crippen LogP contribution in [-0.4, -0.2) is 31.5 Å². The molecule has 0 radical (unpaired) electrons. The molecule has 2 aliphatic rings. The monoisotopic (exact) mass is 680 g/mol. The summed E-state index contributed by atoms with van der Waals surface area (Å²) in [6.07, 6.45) is 4.28. The van der Waals surface area contributed by atoms with Crippen LogP contribution in [0.5, 0.6) is 0 Å². The molecular weight excluding hydrogens is 613 g/mol. The van der Waals surface area contributed by atoms with E-state index in [0.29, 0.717) is 5.41 Å². The minimum Gasteiger partial charge on any atom is -0.393 e. The van der Waals surface area contributed by atoms with Gasteiger partial charge in [-0.15, -0.1) is 0 Å². The molecule has 5 rings (SSSR count). The molecule has 0 aromatic heterocycles. The summed E-state index contributed by atoms with van der Waals surface area (Å²) in [5, 5.41) is 4.23.